The van der Waals surface area contributed by atoms with Crippen molar-refractivity contribution in [3.8, 4) is 5.75 Å². The summed E-state index contributed by atoms with van der Waals surface area (Å²) < 4.78 is 33.5. The Bertz CT molecular complexity index is 822. The first-order chi connectivity index (χ1) is 12.0. The summed E-state index contributed by atoms with van der Waals surface area (Å²) in [5.41, 5.74) is 2.02. The van der Waals surface area contributed by atoms with Crippen molar-refractivity contribution in [1.29, 1.82) is 0 Å². The highest BCUT2D eigenvalue weighted by molar-refractivity contribution is 7.89. The average molecular weight is 360 g/mol. The lowest BCUT2D eigenvalue weighted by molar-refractivity contribution is 0.402. The van der Waals surface area contributed by atoms with E-state index in [4.69, 9.17) is 4.74 Å². The maximum absolute atomic E-state index is 12.8. The minimum absolute atomic E-state index is 0.160. The number of nitrogens with zero attached hydrogens (tertiary/aromatic N) is 1. The number of nitrogens with one attached hydrogen (secondary N) is 1. The van der Waals surface area contributed by atoms with E-state index in [1.807, 2.05) is 31.2 Å². The van der Waals surface area contributed by atoms with Crippen LogP contribution in [0.2, 0.25) is 0 Å². The Morgan fingerprint density at radius 3 is 2.68 bits per heavy atom. The zero-order chi connectivity index (χ0) is 17.9. The summed E-state index contributed by atoms with van der Waals surface area (Å²) in [6.45, 7) is 3.20. The molecule has 25 heavy (non-hydrogen) atoms. The number of benzene rings is 2. The first-order valence-electron chi connectivity index (χ1n) is 8.47. The van der Waals surface area contributed by atoms with E-state index in [0.717, 1.165) is 30.6 Å². The predicted octanol–water partition coefficient (Wildman–Crippen LogP) is 2.95. The van der Waals surface area contributed by atoms with Crippen LogP contribution in [-0.4, -0.2) is 34.7 Å². The second-order valence-corrected chi connectivity index (χ2v) is 8.07. The summed E-state index contributed by atoms with van der Waals surface area (Å²) in [5, 5.41) is 0. The molecule has 5 nitrogen and oxygen atoms in total. The fraction of sp³-hybridized carbons (Fsp3) is 0.368. The Morgan fingerprint density at radius 1 is 1.20 bits per heavy atom. The van der Waals surface area contributed by atoms with Crippen LogP contribution in [0.15, 0.2) is 53.4 Å². The number of hydrogen-bond acceptors (Lipinski definition) is 4. The minimum Gasteiger partial charge on any atom is -0.495 e. The normalized spacial score (nSPS) is 17.7. The molecule has 0 aliphatic carbocycles. The Balaban J connectivity index is 1.75. The number of methoxy groups -OCH3 is 1. The summed E-state index contributed by atoms with van der Waals surface area (Å²) in [6, 6.07) is 15.5. The Hall–Kier alpha value is -2.05. The molecule has 1 N–H and O–H groups in total. The van der Waals surface area contributed by atoms with E-state index >= 15 is 0 Å². The van der Waals surface area contributed by atoms with Crippen LogP contribution < -0.4 is 14.4 Å². The minimum atomic E-state index is -3.62. The van der Waals surface area contributed by atoms with Crippen molar-refractivity contribution >= 4 is 15.7 Å². The smallest absolute Gasteiger partial charge is 0.244 e. The maximum atomic E-state index is 12.8. The largest absolute Gasteiger partial charge is 0.495 e. The van der Waals surface area contributed by atoms with Crippen molar-refractivity contribution in [2.24, 2.45) is 0 Å². The number of anilines is 1. The Labute approximate surface area is 149 Å². The fourth-order valence-corrected chi connectivity index (χ4v) is 4.61. The molecule has 1 aliphatic heterocycles. The molecule has 2 aromatic carbocycles. The molecule has 0 aromatic heterocycles. The number of para-hydroxylation sites is 1. The van der Waals surface area contributed by atoms with Gasteiger partial charge in [-0.15, -0.1) is 0 Å². The topological polar surface area (TPSA) is 58.6 Å². The molecular weight excluding hydrogens is 336 g/mol. The Morgan fingerprint density at radius 2 is 1.96 bits per heavy atom. The van der Waals surface area contributed by atoms with E-state index in [1.54, 1.807) is 12.1 Å². The van der Waals surface area contributed by atoms with Gasteiger partial charge in [-0.1, -0.05) is 24.3 Å². The third-order valence-corrected chi connectivity index (χ3v) is 6.03. The number of aryl methyl sites for hydroxylation is 1. The van der Waals surface area contributed by atoms with E-state index in [1.165, 1.54) is 7.11 Å². The highest BCUT2D eigenvalue weighted by atomic mass is 32.2. The van der Waals surface area contributed by atoms with E-state index in [2.05, 4.69) is 21.8 Å². The summed E-state index contributed by atoms with van der Waals surface area (Å²) in [6.07, 6.45) is 2.04. The van der Waals surface area contributed by atoms with E-state index in [9.17, 15) is 8.42 Å². The van der Waals surface area contributed by atoms with E-state index in [-0.39, 0.29) is 10.9 Å². The third kappa shape index (κ3) is 3.96. The fourth-order valence-electron chi connectivity index (χ4n) is 3.28. The van der Waals surface area contributed by atoms with Crippen molar-refractivity contribution in [3.05, 3.63) is 54.1 Å². The molecule has 1 heterocycles. The van der Waals surface area contributed by atoms with Gasteiger partial charge in [-0.05, 0) is 49.6 Å². The predicted molar refractivity (Wildman–Crippen MR) is 99.7 cm³/mol. The van der Waals surface area contributed by atoms with E-state index < -0.39 is 10.0 Å². The zero-order valence-electron chi connectivity index (χ0n) is 14.6. The number of ether oxygens (including phenoxy) is 1. The van der Waals surface area contributed by atoms with Crippen LogP contribution in [0.3, 0.4) is 0 Å². The van der Waals surface area contributed by atoms with Gasteiger partial charge in [-0.25, -0.2) is 13.1 Å². The molecule has 0 bridgehead atoms. The molecule has 1 fully saturated rings. The Kier molecular flexibility index (Phi) is 5.30. The molecule has 6 heteroatoms. The number of sulfonamides is 1. The molecule has 1 aliphatic rings. The molecule has 0 amide bonds. The lowest BCUT2D eigenvalue weighted by Crippen LogP contribution is -2.40. The lowest BCUT2D eigenvalue weighted by Gasteiger charge is -2.27. The van der Waals surface area contributed by atoms with Crippen molar-refractivity contribution in [1.82, 2.24) is 4.72 Å². The molecule has 0 spiro atoms. The van der Waals surface area contributed by atoms with Gasteiger partial charge in [0.2, 0.25) is 10.0 Å². The molecule has 134 valence electrons. The molecule has 3 rings (SSSR count). The summed E-state index contributed by atoms with van der Waals surface area (Å²) in [5.74, 6) is 0.365. The third-order valence-electron chi connectivity index (χ3n) is 4.58. The quantitative estimate of drug-likeness (QED) is 0.860. The van der Waals surface area contributed by atoms with Gasteiger partial charge < -0.3 is 9.64 Å². The monoisotopic (exact) mass is 360 g/mol. The van der Waals surface area contributed by atoms with Gasteiger partial charge in [0, 0.05) is 24.8 Å². The van der Waals surface area contributed by atoms with Gasteiger partial charge in [0.1, 0.15) is 10.6 Å². The summed E-state index contributed by atoms with van der Waals surface area (Å²) >= 11 is 0. The standard InChI is InChI=1S/C19H24N2O3S/c1-15-10-11-18(24-2)19(13-15)25(22,23)20-14-17-9-6-12-21(17)16-7-4-3-5-8-16/h3-5,7-8,10-11,13,17,20H,6,9,12,14H2,1-2H3. The van der Waals surface area contributed by atoms with Crippen molar-refractivity contribution < 1.29 is 13.2 Å². The van der Waals surface area contributed by atoms with E-state index in [0.29, 0.717) is 12.3 Å². The van der Waals surface area contributed by atoms with Gasteiger partial charge in [-0.2, -0.15) is 0 Å². The highest BCUT2D eigenvalue weighted by Crippen LogP contribution is 2.27. The molecule has 0 radical (unpaired) electrons. The van der Waals surface area contributed by atoms with Crippen LogP contribution in [0.4, 0.5) is 5.69 Å². The first kappa shape index (κ1) is 17.8. The van der Waals surface area contributed by atoms with Crippen LogP contribution in [-0.2, 0) is 10.0 Å². The van der Waals surface area contributed by atoms with Crippen LogP contribution >= 0.6 is 0 Å². The van der Waals surface area contributed by atoms with Gasteiger partial charge in [-0.3, -0.25) is 0 Å². The summed E-state index contributed by atoms with van der Waals surface area (Å²) in [7, 11) is -2.14. The highest BCUT2D eigenvalue weighted by Gasteiger charge is 2.27. The molecule has 1 atom stereocenters. The molecule has 1 saturated heterocycles. The zero-order valence-corrected chi connectivity index (χ0v) is 15.4. The van der Waals surface area contributed by atoms with Crippen LogP contribution in [0, 0.1) is 6.92 Å². The van der Waals surface area contributed by atoms with Gasteiger partial charge in [0.25, 0.3) is 0 Å². The lowest BCUT2D eigenvalue weighted by atomic mass is 10.2. The van der Waals surface area contributed by atoms with Crippen LogP contribution in [0.25, 0.3) is 0 Å². The molecule has 2 aromatic rings. The van der Waals surface area contributed by atoms with Crippen molar-refractivity contribution in [2.45, 2.75) is 30.7 Å². The number of hydrogen-bond donors (Lipinski definition) is 1. The molecular formula is C19H24N2O3S. The van der Waals surface area contributed by atoms with Crippen molar-refractivity contribution in [2.75, 3.05) is 25.1 Å². The van der Waals surface area contributed by atoms with Crippen molar-refractivity contribution in [3.63, 3.8) is 0 Å². The molecule has 1 unspecified atom stereocenters. The number of rotatable bonds is 6. The van der Waals surface area contributed by atoms with Gasteiger partial charge in [0.05, 0.1) is 7.11 Å². The molecule has 0 saturated carbocycles. The van der Waals surface area contributed by atoms with Gasteiger partial charge >= 0.3 is 0 Å². The second kappa shape index (κ2) is 7.45. The second-order valence-electron chi connectivity index (χ2n) is 6.33. The summed E-state index contributed by atoms with van der Waals surface area (Å²) in [4.78, 5) is 2.47. The SMILES string of the molecule is COc1ccc(C)cc1S(=O)(=O)NCC1CCCN1c1ccccc1. The van der Waals surface area contributed by atoms with Crippen LogP contribution in [0.5, 0.6) is 5.75 Å². The average Bonchev–Trinajstić information content (AvgIpc) is 3.09. The first-order valence-corrected chi connectivity index (χ1v) is 9.95. The van der Waals surface area contributed by atoms with Crippen LogP contribution in [0.1, 0.15) is 18.4 Å². The van der Waals surface area contributed by atoms with Gasteiger partial charge in [0.15, 0.2) is 0 Å². The maximum Gasteiger partial charge on any atom is 0.244 e.